The van der Waals surface area contributed by atoms with Crippen molar-refractivity contribution < 1.29 is 18.3 Å². The maximum absolute atomic E-state index is 12.6. The van der Waals surface area contributed by atoms with Gasteiger partial charge in [0.25, 0.3) is 0 Å². The zero-order valence-corrected chi connectivity index (χ0v) is 15.4. The summed E-state index contributed by atoms with van der Waals surface area (Å²) in [5.74, 6) is 0. The molecule has 0 bridgehead atoms. The summed E-state index contributed by atoms with van der Waals surface area (Å²) in [4.78, 5) is 13.2. The van der Waals surface area contributed by atoms with Gasteiger partial charge in [0.15, 0.2) is 0 Å². The molecule has 0 aliphatic carbocycles. The first-order valence-electron chi connectivity index (χ1n) is 8.03. The minimum atomic E-state index is -3.64. The molecule has 1 saturated heterocycles. The summed E-state index contributed by atoms with van der Waals surface area (Å²) in [5.41, 5.74) is -0.961. The van der Waals surface area contributed by atoms with E-state index in [2.05, 4.69) is 4.72 Å². The second-order valence-corrected chi connectivity index (χ2v) is 9.47. The molecule has 2 N–H and O–H groups in total. The number of likely N-dealkylation sites (tertiary alicyclic amines) is 1. The molecule has 134 valence electrons. The number of hydrogen-bond acceptors (Lipinski definition) is 3. The molecule has 1 aromatic rings. The fraction of sp³-hybridized carbons (Fsp3) is 0.588. The van der Waals surface area contributed by atoms with Gasteiger partial charge in [-0.2, -0.15) is 0 Å². The lowest BCUT2D eigenvalue weighted by atomic mass is 9.74. The molecule has 0 radical (unpaired) electrons. The highest BCUT2D eigenvalue weighted by Crippen LogP contribution is 2.37. The van der Waals surface area contributed by atoms with Crippen molar-refractivity contribution in [1.82, 2.24) is 9.62 Å². The van der Waals surface area contributed by atoms with Crippen molar-refractivity contribution in [2.75, 3.05) is 6.54 Å². The maximum Gasteiger partial charge on any atom is 0.407 e. The second-order valence-electron chi connectivity index (χ2n) is 7.79. The Labute approximate surface area is 143 Å². The van der Waals surface area contributed by atoms with Crippen LogP contribution in [0.5, 0.6) is 0 Å². The van der Waals surface area contributed by atoms with E-state index in [0.717, 1.165) is 0 Å². The van der Waals surface area contributed by atoms with E-state index in [1.54, 1.807) is 30.3 Å². The van der Waals surface area contributed by atoms with Gasteiger partial charge in [-0.1, -0.05) is 39.0 Å². The maximum atomic E-state index is 12.6. The Morgan fingerprint density at radius 1 is 1.29 bits per heavy atom. The van der Waals surface area contributed by atoms with Crippen LogP contribution in [0.4, 0.5) is 4.79 Å². The lowest BCUT2D eigenvalue weighted by Gasteiger charge is -2.48. The van der Waals surface area contributed by atoms with Crippen molar-refractivity contribution in [1.29, 1.82) is 0 Å². The number of sulfonamides is 1. The molecular formula is C17H26N2O4S. The van der Waals surface area contributed by atoms with Crippen molar-refractivity contribution in [3.05, 3.63) is 30.3 Å². The van der Waals surface area contributed by atoms with Crippen molar-refractivity contribution >= 4 is 16.1 Å². The summed E-state index contributed by atoms with van der Waals surface area (Å²) < 4.78 is 28.1. The molecule has 1 amide bonds. The van der Waals surface area contributed by atoms with Crippen LogP contribution in [0.2, 0.25) is 0 Å². The van der Waals surface area contributed by atoms with Gasteiger partial charge < -0.3 is 10.0 Å². The Hall–Kier alpha value is -1.60. The van der Waals surface area contributed by atoms with Crippen LogP contribution in [0.1, 0.15) is 40.5 Å². The minimum Gasteiger partial charge on any atom is -0.465 e. The van der Waals surface area contributed by atoms with Gasteiger partial charge in [-0.25, -0.2) is 17.9 Å². The van der Waals surface area contributed by atoms with Crippen LogP contribution in [-0.2, 0) is 10.0 Å². The summed E-state index contributed by atoms with van der Waals surface area (Å²) in [6.45, 7) is 8.09. The number of rotatable bonds is 3. The number of hydrogen-bond donors (Lipinski definition) is 2. The Morgan fingerprint density at radius 2 is 1.88 bits per heavy atom. The third-order valence-electron chi connectivity index (χ3n) is 4.60. The van der Waals surface area contributed by atoms with Crippen molar-refractivity contribution in [2.45, 2.75) is 57.0 Å². The highest BCUT2D eigenvalue weighted by atomic mass is 32.2. The first-order valence-corrected chi connectivity index (χ1v) is 9.52. The van der Waals surface area contributed by atoms with Crippen molar-refractivity contribution in [2.24, 2.45) is 5.41 Å². The highest BCUT2D eigenvalue weighted by Gasteiger charge is 2.45. The molecule has 7 heteroatoms. The summed E-state index contributed by atoms with van der Waals surface area (Å²) >= 11 is 0. The van der Waals surface area contributed by atoms with Crippen LogP contribution in [0.25, 0.3) is 0 Å². The zero-order valence-electron chi connectivity index (χ0n) is 14.6. The number of carbonyl (C=O) groups is 1. The van der Waals surface area contributed by atoms with E-state index in [4.69, 9.17) is 0 Å². The fourth-order valence-corrected chi connectivity index (χ4v) is 4.71. The summed E-state index contributed by atoms with van der Waals surface area (Å²) in [6.07, 6.45) is -0.0739. The first-order chi connectivity index (χ1) is 10.9. The summed E-state index contributed by atoms with van der Waals surface area (Å²) in [7, 11) is -3.64. The molecule has 0 aromatic heterocycles. The summed E-state index contributed by atoms with van der Waals surface area (Å²) in [6, 6.07) is 7.98. The van der Waals surface area contributed by atoms with Gasteiger partial charge in [0.1, 0.15) is 0 Å². The highest BCUT2D eigenvalue weighted by molar-refractivity contribution is 7.89. The molecule has 0 saturated carbocycles. The third-order valence-corrected chi connectivity index (χ3v) is 6.26. The molecule has 0 spiro atoms. The molecule has 6 nitrogen and oxygen atoms in total. The number of benzene rings is 1. The number of carboxylic acid groups (broad SMARTS) is 1. The van der Waals surface area contributed by atoms with Crippen LogP contribution >= 0.6 is 0 Å². The van der Waals surface area contributed by atoms with E-state index >= 15 is 0 Å². The monoisotopic (exact) mass is 354 g/mol. The predicted molar refractivity (Wildman–Crippen MR) is 92.4 cm³/mol. The molecule has 24 heavy (non-hydrogen) atoms. The minimum absolute atomic E-state index is 0.221. The van der Waals surface area contributed by atoms with E-state index in [0.29, 0.717) is 19.4 Å². The normalized spacial score (nSPS) is 25.5. The SMILES string of the molecule is CC1(NS(=O)(=O)c2ccccc2)CCN(C(=O)O)C(C(C)(C)C)C1. The van der Waals surface area contributed by atoms with E-state index in [-0.39, 0.29) is 16.4 Å². The van der Waals surface area contributed by atoms with Crippen LogP contribution in [0, 0.1) is 5.41 Å². The fourth-order valence-electron chi connectivity index (χ4n) is 3.24. The molecule has 2 atom stereocenters. The van der Waals surface area contributed by atoms with Crippen molar-refractivity contribution in [3.63, 3.8) is 0 Å². The Kier molecular flexibility index (Phi) is 4.97. The van der Waals surface area contributed by atoms with Crippen LogP contribution < -0.4 is 4.72 Å². The first kappa shape index (κ1) is 18.7. The molecule has 1 fully saturated rings. The molecule has 2 unspecified atom stereocenters. The van der Waals surface area contributed by atoms with Gasteiger partial charge in [-0.05, 0) is 37.3 Å². The van der Waals surface area contributed by atoms with Crippen molar-refractivity contribution in [3.8, 4) is 0 Å². The predicted octanol–water partition coefficient (Wildman–Crippen LogP) is 2.91. The lowest BCUT2D eigenvalue weighted by molar-refractivity contribution is 0.0323. The number of nitrogens with one attached hydrogen (secondary N) is 1. The largest absolute Gasteiger partial charge is 0.465 e. The Morgan fingerprint density at radius 3 is 2.38 bits per heavy atom. The second kappa shape index (κ2) is 6.37. The topological polar surface area (TPSA) is 86.7 Å². The molecule has 1 aliphatic rings. The zero-order chi connectivity index (χ0) is 18.2. The lowest BCUT2D eigenvalue weighted by Crippen LogP contribution is -2.61. The molecule has 1 aliphatic heterocycles. The number of piperidine rings is 1. The van der Waals surface area contributed by atoms with E-state index in [1.165, 1.54) is 4.90 Å². The Balaban J connectivity index is 2.26. The third kappa shape index (κ3) is 4.08. The van der Waals surface area contributed by atoms with Crippen LogP contribution in [-0.4, -0.2) is 42.6 Å². The number of nitrogens with zero attached hydrogens (tertiary/aromatic N) is 1. The van der Waals surface area contributed by atoms with E-state index < -0.39 is 21.7 Å². The molecule has 2 rings (SSSR count). The van der Waals surface area contributed by atoms with Gasteiger partial charge in [0.2, 0.25) is 10.0 Å². The van der Waals surface area contributed by atoms with E-state index in [1.807, 2.05) is 27.7 Å². The van der Waals surface area contributed by atoms with Gasteiger partial charge in [0.05, 0.1) is 4.90 Å². The smallest absolute Gasteiger partial charge is 0.407 e. The molecule has 1 heterocycles. The quantitative estimate of drug-likeness (QED) is 0.874. The van der Waals surface area contributed by atoms with Gasteiger partial charge in [-0.3, -0.25) is 0 Å². The average Bonchev–Trinajstić information content (AvgIpc) is 2.46. The van der Waals surface area contributed by atoms with Gasteiger partial charge >= 0.3 is 6.09 Å². The summed E-state index contributed by atoms with van der Waals surface area (Å²) in [5, 5.41) is 9.44. The van der Waals surface area contributed by atoms with Gasteiger partial charge in [0, 0.05) is 18.1 Å². The standard InChI is InChI=1S/C17H26N2O4S/c1-16(2,3)14-12-17(4,10-11-19(14)15(20)21)18-24(22,23)13-8-6-5-7-9-13/h5-9,14,18H,10-12H2,1-4H3,(H,20,21). The van der Waals surface area contributed by atoms with E-state index in [9.17, 15) is 18.3 Å². The number of amides is 1. The Bertz CT molecular complexity index is 697. The molecule has 1 aromatic carbocycles. The van der Waals surface area contributed by atoms with Crippen LogP contribution in [0.15, 0.2) is 35.2 Å². The van der Waals surface area contributed by atoms with Crippen LogP contribution in [0.3, 0.4) is 0 Å². The average molecular weight is 354 g/mol. The van der Waals surface area contributed by atoms with Gasteiger partial charge in [-0.15, -0.1) is 0 Å². The molecular weight excluding hydrogens is 328 g/mol.